The molecule has 0 spiro atoms. The summed E-state index contributed by atoms with van der Waals surface area (Å²) >= 11 is 0. The fraction of sp³-hybridized carbons (Fsp3) is 0.750. The largest absolute Gasteiger partial charge is 0.351 e. The third-order valence-electron chi connectivity index (χ3n) is 0.598. The van der Waals surface area contributed by atoms with E-state index in [2.05, 4.69) is 5.32 Å². The normalized spacial score (nSPS) is 9.33. The van der Waals surface area contributed by atoms with Gasteiger partial charge in [-0.2, -0.15) is 0 Å². The van der Waals surface area contributed by atoms with Gasteiger partial charge in [0.15, 0.2) is 0 Å². The second-order valence-corrected chi connectivity index (χ2v) is 1.38. The lowest BCUT2D eigenvalue weighted by Crippen LogP contribution is -2.41. The first kappa shape index (κ1) is 8.19. The van der Waals surface area contributed by atoms with Gasteiger partial charge in [-0.05, 0) is 6.92 Å². The first-order chi connectivity index (χ1) is 4.16. The number of hydrogen-bond acceptors (Lipinski definition) is 3. The molecule has 0 rings (SSSR count). The summed E-state index contributed by atoms with van der Waals surface area (Å²) in [7, 11) is 0. The number of aliphatic hydroxyl groups excluding tert-OH is 1. The highest BCUT2D eigenvalue weighted by Gasteiger charge is 2.00. The molecule has 0 aromatic carbocycles. The zero-order valence-electron chi connectivity index (χ0n) is 5.09. The van der Waals surface area contributed by atoms with E-state index in [4.69, 9.17) is 10.2 Å². The fourth-order valence-corrected chi connectivity index (χ4v) is 0.329. The summed E-state index contributed by atoms with van der Waals surface area (Å²) in [4.78, 5) is 10.3. The Morgan fingerprint density at radius 3 is 2.56 bits per heavy atom. The van der Waals surface area contributed by atoms with Crippen LogP contribution in [0.3, 0.4) is 0 Å². The molecule has 5 heteroatoms. The van der Waals surface area contributed by atoms with Crippen LogP contribution in [-0.4, -0.2) is 29.2 Å². The van der Waals surface area contributed by atoms with Gasteiger partial charge in [-0.3, -0.25) is 5.32 Å². The predicted octanol–water partition coefficient (Wildman–Crippen LogP) is -1.43. The van der Waals surface area contributed by atoms with Crippen molar-refractivity contribution in [3.63, 3.8) is 0 Å². The molecule has 54 valence electrons. The van der Waals surface area contributed by atoms with Crippen molar-refractivity contribution in [1.82, 2.24) is 10.6 Å². The molecule has 0 saturated carbocycles. The van der Waals surface area contributed by atoms with Crippen molar-refractivity contribution >= 4 is 6.03 Å². The molecule has 0 radical (unpaired) electrons. The van der Waals surface area contributed by atoms with Crippen molar-refractivity contribution < 1.29 is 15.0 Å². The maximum atomic E-state index is 10.3. The Bertz CT molecular complexity index is 93.8. The summed E-state index contributed by atoms with van der Waals surface area (Å²) < 4.78 is 0. The van der Waals surface area contributed by atoms with Gasteiger partial charge in [-0.15, -0.1) is 0 Å². The van der Waals surface area contributed by atoms with Crippen LogP contribution in [0.15, 0.2) is 0 Å². The minimum Gasteiger partial charge on any atom is -0.351 e. The van der Waals surface area contributed by atoms with Crippen molar-refractivity contribution in [3.05, 3.63) is 0 Å². The van der Waals surface area contributed by atoms with Gasteiger partial charge in [0.2, 0.25) is 6.41 Å². The van der Waals surface area contributed by atoms with Crippen molar-refractivity contribution in [2.45, 2.75) is 13.3 Å². The van der Waals surface area contributed by atoms with Gasteiger partial charge in [-0.1, -0.05) is 0 Å². The quantitative estimate of drug-likeness (QED) is 0.350. The molecule has 0 aliphatic rings. The second kappa shape index (κ2) is 4.11. The van der Waals surface area contributed by atoms with E-state index in [1.54, 1.807) is 12.2 Å². The first-order valence-corrected chi connectivity index (χ1v) is 2.57. The van der Waals surface area contributed by atoms with Crippen LogP contribution in [0.2, 0.25) is 0 Å². The molecule has 9 heavy (non-hydrogen) atoms. The van der Waals surface area contributed by atoms with Gasteiger partial charge in [0.05, 0.1) is 0 Å². The van der Waals surface area contributed by atoms with Gasteiger partial charge < -0.3 is 15.5 Å². The summed E-state index contributed by atoms with van der Waals surface area (Å²) in [6.45, 7) is 2.18. The SMILES string of the molecule is CCNC(=O)NC(O)O. The van der Waals surface area contributed by atoms with E-state index >= 15 is 0 Å². The molecule has 0 saturated heterocycles. The van der Waals surface area contributed by atoms with E-state index < -0.39 is 12.4 Å². The molecule has 0 unspecified atom stereocenters. The Balaban J connectivity index is 3.27. The van der Waals surface area contributed by atoms with Crippen LogP contribution in [0.4, 0.5) is 4.79 Å². The topological polar surface area (TPSA) is 81.6 Å². The molecule has 0 aromatic rings. The Morgan fingerprint density at radius 1 is 1.67 bits per heavy atom. The minimum absolute atomic E-state index is 0.457. The molecule has 2 amide bonds. The Hall–Kier alpha value is -0.810. The summed E-state index contributed by atoms with van der Waals surface area (Å²) in [5, 5.41) is 20.4. The smallest absolute Gasteiger partial charge is 0.318 e. The molecule has 0 aliphatic carbocycles. The minimum atomic E-state index is -1.78. The average Bonchev–Trinajstić information content (AvgIpc) is 1.63. The molecule has 0 aromatic heterocycles. The van der Waals surface area contributed by atoms with E-state index in [0.29, 0.717) is 6.54 Å². The molecular formula is C4H10N2O3. The van der Waals surface area contributed by atoms with Crippen molar-refractivity contribution in [1.29, 1.82) is 0 Å². The summed E-state index contributed by atoms with van der Waals surface area (Å²) in [5.41, 5.74) is 0. The number of aliphatic hydroxyl groups is 2. The highest BCUT2D eigenvalue weighted by Crippen LogP contribution is 1.66. The molecule has 5 nitrogen and oxygen atoms in total. The number of hydrogen-bond donors (Lipinski definition) is 4. The lowest BCUT2D eigenvalue weighted by atomic mass is 10.7. The Morgan fingerprint density at radius 2 is 2.22 bits per heavy atom. The van der Waals surface area contributed by atoms with E-state index in [0.717, 1.165) is 0 Å². The monoisotopic (exact) mass is 134 g/mol. The van der Waals surface area contributed by atoms with Crippen molar-refractivity contribution in [3.8, 4) is 0 Å². The van der Waals surface area contributed by atoms with Gasteiger partial charge in [0, 0.05) is 6.54 Å². The van der Waals surface area contributed by atoms with E-state index in [1.807, 2.05) is 0 Å². The number of carbonyl (C=O) groups excluding carboxylic acids is 1. The van der Waals surface area contributed by atoms with Gasteiger partial charge >= 0.3 is 6.03 Å². The lowest BCUT2D eigenvalue weighted by molar-refractivity contribution is -0.0554. The fourth-order valence-electron chi connectivity index (χ4n) is 0.329. The highest BCUT2D eigenvalue weighted by atomic mass is 16.5. The Kier molecular flexibility index (Phi) is 3.74. The molecular weight excluding hydrogens is 124 g/mol. The predicted molar refractivity (Wildman–Crippen MR) is 30.4 cm³/mol. The number of nitrogens with one attached hydrogen (secondary N) is 2. The number of amides is 2. The second-order valence-electron chi connectivity index (χ2n) is 1.38. The zero-order valence-corrected chi connectivity index (χ0v) is 5.09. The standard InChI is InChI=1S/C4H10N2O3/c1-2-5-3(7)6-4(8)9/h4,8-9H,2H2,1H3,(H2,5,6,7). The van der Waals surface area contributed by atoms with Crippen LogP contribution in [0, 0.1) is 0 Å². The zero-order chi connectivity index (χ0) is 7.28. The van der Waals surface area contributed by atoms with Crippen LogP contribution < -0.4 is 10.6 Å². The van der Waals surface area contributed by atoms with Crippen LogP contribution in [0.1, 0.15) is 6.92 Å². The van der Waals surface area contributed by atoms with E-state index in [1.165, 1.54) is 0 Å². The molecule has 4 N–H and O–H groups in total. The van der Waals surface area contributed by atoms with Crippen LogP contribution in [0.5, 0.6) is 0 Å². The number of carbonyl (C=O) groups is 1. The molecule has 0 aliphatic heterocycles. The van der Waals surface area contributed by atoms with Crippen molar-refractivity contribution in [2.75, 3.05) is 6.54 Å². The summed E-state index contributed by atoms with van der Waals surface area (Å²) in [6, 6.07) is -0.590. The third kappa shape index (κ3) is 5.05. The van der Waals surface area contributed by atoms with E-state index in [-0.39, 0.29) is 0 Å². The number of urea groups is 1. The van der Waals surface area contributed by atoms with Gasteiger partial charge in [-0.25, -0.2) is 4.79 Å². The molecule has 0 bridgehead atoms. The first-order valence-electron chi connectivity index (χ1n) is 2.57. The summed E-state index contributed by atoms with van der Waals surface area (Å²) in [5.74, 6) is 0. The van der Waals surface area contributed by atoms with Crippen LogP contribution in [-0.2, 0) is 0 Å². The maximum absolute atomic E-state index is 10.3. The summed E-state index contributed by atoms with van der Waals surface area (Å²) in [6.07, 6.45) is -1.78. The molecule has 0 heterocycles. The lowest BCUT2D eigenvalue weighted by Gasteiger charge is -2.05. The maximum Gasteiger partial charge on any atom is 0.318 e. The van der Waals surface area contributed by atoms with Crippen molar-refractivity contribution in [2.24, 2.45) is 0 Å². The van der Waals surface area contributed by atoms with Crippen LogP contribution in [0.25, 0.3) is 0 Å². The molecule has 0 atom stereocenters. The van der Waals surface area contributed by atoms with E-state index in [9.17, 15) is 4.79 Å². The third-order valence-corrected chi connectivity index (χ3v) is 0.598. The number of rotatable bonds is 2. The van der Waals surface area contributed by atoms with Gasteiger partial charge in [0.25, 0.3) is 0 Å². The van der Waals surface area contributed by atoms with Crippen LogP contribution >= 0.6 is 0 Å². The highest BCUT2D eigenvalue weighted by molar-refractivity contribution is 5.73. The van der Waals surface area contributed by atoms with Gasteiger partial charge in [0.1, 0.15) is 0 Å². The average molecular weight is 134 g/mol. The molecule has 0 fully saturated rings. The Labute approximate surface area is 52.7 Å².